The Labute approximate surface area is 114 Å². The Hall–Kier alpha value is -0.0400. The highest BCUT2D eigenvalue weighted by Crippen LogP contribution is 2.74. The summed E-state index contributed by atoms with van der Waals surface area (Å²) in [6.07, 6.45) is 7.35. The number of nitrogens with one attached hydrogen (secondary N) is 1. The quantitative estimate of drug-likeness (QED) is 0.760. The van der Waals surface area contributed by atoms with Crippen molar-refractivity contribution in [3.8, 4) is 0 Å². The van der Waals surface area contributed by atoms with Crippen LogP contribution in [0.4, 0.5) is 0 Å². The molecule has 1 N–H and O–H groups in total. The lowest BCUT2D eigenvalue weighted by molar-refractivity contribution is 0.204. The molecule has 0 aromatic carbocycles. The Kier molecular flexibility index (Phi) is 4.11. The van der Waals surface area contributed by atoms with Crippen molar-refractivity contribution < 1.29 is 0 Å². The van der Waals surface area contributed by atoms with Crippen LogP contribution in [0.1, 0.15) is 66.7 Å². The van der Waals surface area contributed by atoms with Crippen LogP contribution in [0.15, 0.2) is 0 Å². The van der Waals surface area contributed by atoms with Gasteiger partial charge in [0.2, 0.25) is 0 Å². The minimum absolute atomic E-state index is 0.593. The predicted molar refractivity (Wildman–Crippen MR) is 79.7 cm³/mol. The van der Waals surface area contributed by atoms with Crippen LogP contribution >= 0.6 is 0 Å². The molecule has 2 saturated carbocycles. The van der Waals surface area contributed by atoms with Crippen molar-refractivity contribution in [1.29, 1.82) is 0 Å². The van der Waals surface area contributed by atoms with E-state index in [0.29, 0.717) is 10.8 Å². The van der Waals surface area contributed by atoms with Crippen molar-refractivity contribution in [1.82, 2.24) is 5.32 Å². The molecular weight excluding hydrogens is 218 g/mol. The second-order valence-corrected chi connectivity index (χ2v) is 7.83. The zero-order valence-corrected chi connectivity index (χ0v) is 13.2. The van der Waals surface area contributed by atoms with E-state index in [1.54, 1.807) is 0 Å². The normalized spacial score (nSPS) is 38.3. The summed E-state index contributed by atoms with van der Waals surface area (Å²) in [7, 11) is 0. The van der Waals surface area contributed by atoms with Gasteiger partial charge >= 0.3 is 0 Å². The molecule has 2 fully saturated rings. The summed E-state index contributed by atoms with van der Waals surface area (Å²) in [5, 5.41) is 3.70. The van der Waals surface area contributed by atoms with Crippen molar-refractivity contribution in [3.05, 3.63) is 0 Å². The van der Waals surface area contributed by atoms with E-state index in [2.05, 4.69) is 39.9 Å². The van der Waals surface area contributed by atoms with Gasteiger partial charge in [0, 0.05) is 0 Å². The molecule has 2 aliphatic rings. The first-order chi connectivity index (χ1) is 8.44. The topological polar surface area (TPSA) is 12.0 Å². The van der Waals surface area contributed by atoms with Crippen LogP contribution in [0.3, 0.4) is 0 Å². The summed E-state index contributed by atoms with van der Waals surface area (Å²) in [5.41, 5.74) is 1.29. The molecule has 2 aliphatic carbocycles. The molecule has 18 heavy (non-hydrogen) atoms. The molecule has 1 atom stereocenters. The van der Waals surface area contributed by atoms with E-state index in [1.807, 2.05) is 0 Å². The van der Waals surface area contributed by atoms with Crippen LogP contribution in [0.5, 0.6) is 0 Å². The number of rotatable bonds is 5. The van der Waals surface area contributed by atoms with Gasteiger partial charge in [0.05, 0.1) is 0 Å². The Balaban J connectivity index is 1.86. The first-order valence-electron chi connectivity index (χ1n) is 8.14. The minimum atomic E-state index is 0.593. The summed E-state index contributed by atoms with van der Waals surface area (Å²) >= 11 is 0. The van der Waals surface area contributed by atoms with Crippen LogP contribution < -0.4 is 5.32 Å². The summed E-state index contributed by atoms with van der Waals surface area (Å²) in [4.78, 5) is 0. The maximum Gasteiger partial charge on any atom is -0.000957 e. The molecule has 1 unspecified atom stereocenters. The zero-order chi connectivity index (χ0) is 13.4. The van der Waals surface area contributed by atoms with Crippen molar-refractivity contribution in [3.63, 3.8) is 0 Å². The maximum absolute atomic E-state index is 3.70. The third kappa shape index (κ3) is 2.35. The first kappa shape index (κ1) is 14.4. The van der Waals surface area contributed by atoms with Crippen molar-refractivity contribution in [2.24, 2.45) is 28.6 Å². The van der Waals surface area contributed by atoms with Crippen molar-refractivity contribution in [2.75, 3.05) is 13.1 Å². The Morgan fingerprint density at radius 1 is 1.17 bits per heavy atom. The lowest BCUT2D eigenvalue weighted by Crippen LogP contribution is -2.25. The minimum Gasteiger partial charge on any atom is -0.316 e. The van der Waals surface area contributed by atoms with E-state index < -0.39 is 0 Å². The fourth-order valence-electron chi connectivity index (χ4n) is 4.62. The van der Waals surface area contributed by atoms with Crippen LogP contribution in [0.25, 0.3) is 0 Å². The zero-order valence-electron chi connectivity index (χ0n) is 13.2. The van der Waals surface area contributed by atoms with Gasteiger partial charge < -0.3 is 5.32 Å². The number of hydrogen-bond acceptors (Lipinski definition) is 1. The summed E-state index contributed by atoms with van der Waals surface area (Å²) < 4.78 is 0. The molecule has 0 bridgehead atoms. The molecule has 0 amide bonds. The first-order valence-corrected chi connectivity index (χ1v) is 8.14. The van der Waals surface area contributed by atoms with E-state index >= 15 is 0 Å². The average molecular weight is 251 g/mol. The standard InChI is InChI=1S/C17H33N/c1-6-14-7-9-17(10-8-14)15(16(17,4)5)12-18-11-13(2)3/h13-15,18H,6-12H2,1-5H3. The van der Waals surface area contributed by atoms with Crippen LogP contribution in [-0.2, 0) is 0 Å². The van der Waals surface area contributed by atoms with E-state index in [9.17, 15) is 0 Å². The highest BCUT2D eigenvalue weighted by molar-refractivity contribution is 5.18. The van der Waals surface area contributed by atoms with Gasteiger partial charge in [-0.1, -0.05) is 41.0 Å². The highest BCUT2D eigenvalue weighted by atomic mass is 14.9. The van der Waals surface area contributed by atoms with E-state index in [0.717, 1.165) is 17.8 Å². The van der Waals surface area contributed by atoms with Gasteiger partial charge in [-0.3, -0.25) is 0 Å². The molecule has 0 saturated heterocycles. The third-order valence-electron chi connectivity index (χ3n) is 6.21. The monoisotopic (exact) mass is 251 g/mol. The molecule has 1 nitrogen and oxygen atoms in total. The van der Waals surface area contributed by atoms with Crippen molar-refractivity contribution in [2.45, 2.75) is 66.7 Å². The van der Waals surface area contributed by atoms with Gasteiger partial charge in [0.1, 0.15) is 0 Å². The molecule has 1 heteroatoms. The highest BCUT2D eigenvalue weighted by Gasteiger charge is 2.69. The molecule has 0 radical (unpaired) electrons. The van der Waals surface area contributed by atoms with Crippen molar-refractivity contribution >= 4 is 0 Å². The summed E-state index contributed by atoms with van der Waals surface area (Å²) in [5.74, 6) is 2.73. The van der Waals surface area contributed by atoms with E-state index in [-0.39, 0.29) is 0 Å². The molecular formula is C17H33N. The Morgan fingerprint density at radius 3 is 2.28 bits per heavy atom. The van der Waals surface area contributed by atoms with Gasteiger partial charge in [-0.05, 0) is 67.4 Å². The number of hydrogen-bond donors (Lipinski definition) is 1. The fourth-order valence-corrected chi connectivity index (χ4v) is 4.62. The van der Waals surface area contributed by atoms with E-state index in [1.165, 1.54) is 45.2 Å². The van der Waals surface area contributed by atoms with Gasteiger partial charge in [-0.25, -0.2) is 0 Å². The average Bonchev–Trinajstić information content (AvgIpc) is 2.76. The molecule has 1 spiro atoms. The lowest BCUT2D eigenvalue weighted by atomic mass is 9.75. The summed E-state index contributed by atoms with van der Waals surface area (Å²) in [6.45, 7) is 14.4. The van der Waals surface area contributed by atoms with Crippen LogP contribution in [0.2, 0.25) is 0 Å². The maximum atomic E-state index is 3.70. The largest absolute Gasteiger partial charge is 0.316 e. The second-order valence-electron chi connectivity index (χ2n) is 7.83. The lowest BCUT2D eigenvalue weighted by Gasteiger charge is -2.31. The molecule has 106 valence electrons. The SMILES string of the molecule is CCC1CCC2(CC1)C(CNCC(C)C)C2(C)C. The van der Waals surface area contributed by atoms with Gasteiger partial charge in [0.15, 0.2) is 0 Å². The second kappa shape index (κ2) is 5.15. The van der Waals surface area contributed by atoms with Crippen LogP contribution in [0, 0.1) is 28.6 Å². The van der Waals surface area contributed by atoms with Gasteiger partial charge in [-0.15, -0.1) is 0 Å². The molecule has 0 aliphatic heterocycles. The molecule has 0 aromatic rings. The Bertz CT molecular complexity index is 271. The molecule has 2 rings (SSSR count). The predicted octanol–water partition coefficient (Wildman–Crippen LogP) is 4.47. The summed E-state index contributed by atoms with van der Waals surface area (Å²) in [6, 6.07) is 0. The smallest absolute Gasteiger partial charge is 0.000957 e. The van der Waals surface area contributed by atoms with Gasteiger partial charge in [0.25, 0.3) is 0 Å². The fraction of sp³-hybridized carbons (Fsp3) is 1.00. The molecule has 0 heterocycles. The Morgan fingerprint density at radius 2 is 1.78 bits per heavy atom. The van der Waals surface area contributed by atoms with Gasteiger partial charge in [-0.2, -0.15) is 0 Å². The molecule has 0 aromatic heterocycles. The van der Waals surface area contributed by atoms with Crippen LogP contribution in [-0.4, -0.2) is 13.1 Å². The third-order valence-corrected chi connectivity index (χ3v) is 6.21. The van der Waals surface area contributed by atoms with E-state index in [4.69, 9.17) is 0 Å².